The Kier molecular flexibility index (Phi) is 6.17. The molecule has 5 heteroatoms. The highest BCUT2D eigenvalue weighted by atomic mass is 19.1. The van der Waals surface area contributed by atoms with Crippen LogP contribution in [0.15, 0.2) is 66.7 Å². The Labute approximate surface area is 175 Å². The number of anilines is 1. The molecule has 0 unspecified atom stereocenters. The Morgan fingerprint density at radius 3 is 2.57 bits per heavy atom. The number of ether oxygens (including phenoxy) is 1. The predicted molar refractivity (Wildman–Crippen MR) is 115 cm³/mol. The molecular weight excluding hydrogens is 379 g/mol. The molecule has 0 aliphatic rings. The van der Waals surface area contributed by atoms with E-state index >= 15 is 0 Å². The normalized spacial score (nSPS) is 10.9. The van der Waals surface area contributed by atoms with E-state index in [0.717, 1.165) is 11.1 Å². The number of hydrogen-bond donors (Lipinski definition) is 1. The molecule has 0 fully saturated rings. The summed E-state index contributed by atoms with van der Waals surface area (Å²) in [4.78, 5) is 12.9. The lowest BCUT2D eigenvalue weighted by molar-refractivity contribution is -0.120. The van der Waals surface area contributed by atoms with Gasteiger partial charge < -0.3 is 10.1 Å². The first-order valence-electron chi connectivity index (χ1n) is 9.60. The van der Waals surface area contributed by atoms with Gasteiger partial charge in [-0.2, -0.15) is 5.26 Å². The van der Waals surface area contributed by atoms with E-state index in [1.54, 1.807) is 56.3 Å². The van der Waals surface area contributed by atoms with E-state index in [4.69, 9.17) is 10.00 Å². The summed E-state index contributed by atoms with van der Waals surface area (Å²) in [5, 5.41) is 11.9. The molecule has 152 valence electrons. The summed E-state index contributed by atoms with van der Waals surface area (Å²) in [6.07, 6.45) is 0. The lowest BCUT2D eigenvalue weighted by Gasteiger charge is -2.25. The Morgan fingerprint density at radius 2 is 1.87 bits per heavy atom. The van der Waals surface area contributed by atoms with Crippen molar-refractivity contribution in [3.63, 3.8) is 0 Å². The van der Waals surface area contributed by atoms with Crippen molar-refractivity contribution in [3.8, 4) is 11.8 Å². The number of carbonyl (C=O) groups excluding carboxylic acids is 1. The Balaban J connectivity index is 1.70. The average molecular weight is 402 g/mol. The number of rotatable bonds is 6. The highest BCUT2D eigenvalue weighted by molar-refractivity contribution is 5.99. The van der Waals surface area contributed by atoms with Crippen LogP contribution in [0.4, 0.5) is 10.1 Å². The third-order valence-corrected chi connectivity index (χ3v) is 5.02. The summed E-state index contributed by atoms with van der Waals surface area (Å²) in [5.74, 6) is -0.0440. The van der Waals surface area contributed by atoms with Crippen LogP contribution >= 0.6 is 0 Å². The molecule has 0 aromatic heterocycles. The van der Waals surface area contributed by atoms with Crippen LogP contribution in [-0.4, -0.2) is 5.91 Å². The average Bonchev–Trinajstić information content (AvgIpc) is 2.74. The number of hydrogen-bond acceptors (Lipinski definition) is 3. The molecule has 0 aliphatic heterocycles. The second kappa shape index (κ2) is 8.79. The summed E-state index contributed by atoms with van der Waals surface area (Å²) in [5.41, 5.74) is 2.27. The number of nitrogens with one attached hydrogen (secondary N) is 1. The van der Waals surface area contributed by atoms with Crippen LogP contribution < -0.4 is 10.1 Å². The van der Waals surface area contributed by atoms with E-state index in [1.165, 1.54) is 6.07 Å². The van der Waals surface area contributed by atoms with Crippen LogP contribution in [0.2, 0.25) is 0 Å². The van der Waals surface area contributed by atoms with E-state index in [-0.39, 0.29) is 5.91 Å². The van der Waals surface area contributed by atoms with Gasteiger partial charge in [0.25, 0.3) is 0 Å². The molecule has 1 N–H and O–H groups in total. The van der Waals surface area contributed by atoms with Crippen molar-refractivity contribution >= 4 is 11.6 Å². The number of nitriles is 1. The van der Waals surface area contributed by atoms with Crippen LogP contribution in [-0.2, 0) is 16.8 Å². The molecule has 0 atom stereocenters. The molecule has 3 rings (SSSR count). The summed E-state index contributed by atoms with van der Waals surface area (Å²) < 4.78 is 20.0. The molecule has 1 amide bonds. The highest BCUT2D eigenvalue weighted by Crippen LogP contribution is 2.29. The molecular formula is C25H23FN2O2. The quantitative estimate of drug-likeness (QED) is 0.592. The van der Waals surface area contributed by atoms with Crippen LogP contribution in [0.25, 0.3) is 0 Å². The minimum Gasteiger partial charge on any atom is -0.489 e. The molecule has 3 aromatic rings. The maximum Gasteiger partial charge on any atom is 0.234 e. The first kappa shape index (κ1) is 21.1. The van der Waals surface area contributed by atoms with Gasteiger partial charge in [0.05, 0.1) is 17.0 Å². The van der Waals surface area contributed by atoms with Gasteiger partial charge >= 0.3 is 0 Å². The first-order chi connectivity index (χ1) is 14.3. The predicted octanol–water partition coefficient (Wildman–Crippen LogP) is 5.50. The molecule has 0 heterocycles. The van der Waals surface area contributed by atoms with E-state index in [1.807, 2.05) is 25.1 Å². The van der Waals surface area contributed by atoms with Crippen molar-refractivity contribution < 1.29 is 13.9 Å². The Morgan fingerprint density at radius 1 is 1.10 bits per heavy atom. The standard InChI is InChI=1S/C25H23FN2O2/c1-17-13-20(30-16-19-8-6-7-18(14-19)15-27)11-12-23(17)28-24(29)25(2,3)21-9-4-5-10-22(21)26/h4-14H,16H2,1-3H3,(H,28,29). The van der Waals surface area contributed by atoms with Gasteiger partial charge in [-0.3, -0.25) is 4.79 Å². The van der Waals surface area contributed by atoms with Crippen LogP contribution in [0.5, 0.6) is 5.75 Å². The molecule has 4 nitrogen and oxygen atoms in total. The number of aryl methyl sites for hydroxylation is 1. The molecule has 0 aliphatic carbocycles. The summed E-state index contributed by atoms with van der Waals surface area (Å²) in [7, 11) is 0. The smallest absolute Gasteiger partial charge is 0.234 e. The van der Waals surface area contributed by atoms with E-state index < -0.39 is 11.2 Å². The minimum absolute atomic E-state index is 0.294. The van der Waals surface area contributed by atoms with Gasteiger partial charge in [0.15, 0.2) is 0 Å². The number of benzene rings is 3. The van der Waals surface area contributed by atoms with E-state index in [0.29, 0.717) is 29.2 Å². The van der Waals surface area contributed by atoms with Crippen molar-refractivity contribution in [1.29, 1.82) is 5.26 Å². The van der Waals surface area contributed by atoms with Gasteiger partial charge in [0.2, 0.25) is 5.91 Å². The van der Waals surface area contributed by atoms with E-state index in [9.17, 15) is 9.18 Å². The summed E-state index contributed by atoms with van der Waals surface area (Å²) in [6.45, 7) is 5.60. The second-order valence-corrected chi connectivity index (χ2v) is 7.64. The Bertz CT molecular complexity index is 1120. The number of nitrogens with zero attached hydrogens (tertiary/aromatic N) is 1. The fraction of sp³-hybridized carbons (Fsp3) is 0.200. The molecule has 0 saturated carbocycles. The second-order valence-electron chi connectivity index (χ2n) is 7.64. The fourth-order valence-corrected chi connectivity index (χ4v) is 3.13. The molecule has 3 aromatic carbocycles. The Hall–Kier alpha value is -3.65. The van der Waals surface area contributed by atoms with Crippen molar-refractivity contribution in [2.45, 2.75) is 32.8 Å². The van der Waals surface area contributed by atoms with Gasteiger partial charge in [-0.1, -0.05) is 30.3 Å². The lowest BCUT2D eigenvalue weighted by atomic mass is 9.83. The van der Waals surface area contributed by atoms with Gasteiger partial charge in [-0.05, 0) is 68.3 Å². The topological polar surface area (TPSA) is 62.1 Å². The van der Waals surface area contributed by atoms with E-state index in [2.05, 4.69) is 11.4 Å². The maximum absolute atomic E-state index is 14.2. The maximum atomic E-state index is 14.2. The molecule has 0 bridgehead atoms. The molecule has 0 radical (unpaired) electrons. The SMILES string of the molecule is Cc1cc(OCc2cccc(C#N)c2)ccc1NC(=O)C(C)(C)c1ccccc1F. The fourth-order valence-electron chi connectivity index (χ4n) is 3.13. The van der Waals surface area contributed by atoms with Crippen LogP contribution in [0, 0.1) is 24.1 Å². The van der Waals surface area contributed by atoms with Crippen LogP contribution in [0.1, 0.15) is 36.1 Å². The van der Waals surface area contributed by atoms with Gasteiger partial charge in [0, 0.05) is 11.3 Å². The van der Waals surface area contributed by atoms with Crippen molar-refractivity contribution in [3.05, 3.63) is 94.8 Å². The minimum atomic E-state index is -1.03. The molecule has 30 heavy (non-hydrogen) atoms. The first-order valence-corrected chi connectivity index (χ1v) is 9.60. The van der Waals surface area contributed by atoms with Gasteiger partial charge in [0.1, 0.15) is 18.2 Å². The number of amides is 1. The zero-order valence-corrected chi connectivity index (χ0v) is 17.2. The van der Waals surface area contributed by atoms with Gasteiger partial charge in [-0.25, -0.2) is 4.39 Å². The lowest BCUT2D eigenvalue weighted by Crippen LogP contribution is -2.35. The van der Waals surface area contributed by atoms with Crippen molar-refractivity contribution in [2.75, 3.05) is 5.32 Å². The third-order valence-electron chi connectivity index (χ3n) is 5.02. The monoisotopic (exact) mass is 402 g/mol. The van der Waals surface area contributed by atoms with Crippen molar-refractivity contribution in [1.82, 2.24) is 0 Å². The summed E-state index contributed by atoms with van der Waals surface area (Å²) in [6, 6.07) is 21.0. The third kappa shape index (κ3) is 4.66. The number of halogens is 1. The number of carbonyl (C=O) groups is 1. The largest absolute Gasteiger partial charge is 0.489 e. The van der Waals surface area contributed by atoms with Crippen molar-refractivity contribution in [2.24, 2.45) is 0 Å². The zero-order valence-electron chi connectivity index (χ0n) is 17.2. The molecule has 0 spiro atoms. The highest BCUT2D eigenvalue weighted by Gasteiger charge is 2.32. The molecule has 0 saturated heterocycles. The van der Waals surface area contributed by atoms with Crippen LogP contribution in [0.3, 0.4) is 0 Å². The van der Waals surface area contributed by atoms with Gasteiger partial charge in [-0.15, -0.1) is 0 Å². The zero-order chi connectivity index (χ0) is 21.7. The summed E-state index contributed by atoms with van der Waals surface area (Å²) >= 11 is 0.